The molecule has 112 valence electrons. The van der Waals surface area contributed by atoms with Crippen LogP contribution in [0.25, 0.3) is 0 Å². The summed E-state index contributed by atoms with van der Waals surface area (Å²) in [7, 11) is 1.55. The normalized spacial score (nSPS) is 24.7. The van der Waals surface area contributed by atoms with Crippen molar-refractivity contribution >= 4 is 11.7 Å². The Morgan fingerprint density at radius 3 is 2.67 bits per heavy atom. The summed E-state index contributed by atoms with van der Waals surface area (Å²) in [4.78, 5) is 12.2. The molecule has 2 N–H and O–H groups in total. The van der Waals surface area contributed by atoms with E-state index in [1.54, 1.807) is 19.2 Å². The van der Waals surface area contributed by atoms with Gasteiger partial charge in [-0.15, -0.1) is 0 Å². The Hall–Kier alpha value is -2.22. The molecule has 5 nitrogen and oxygen atoms in total. The minimum absolute atomic E-state index is 0.365. The Balaban J connectivity index is 2.02. The predicted octanol–water partition coefficient (Wildman–Crippen LogP) is 3.29. The van der Waals surface area contributed by atoms with Crippen molar-refractivity contribution < 1.29 is 9.53 Å². The minimum Gasteiger partial charge on any atom is -0.495 e. The number of amides is 2. The molecule has 0 saturated heterocycles. The first-order valence-corrected chi connectivity index (χ1v) is 7.22. The van der Waals surface area contributed by atoms with Crippen LogP contribution in [0.1, 0.15) is 32.6 Å². The van der Waals surface area contributed by atoms with Gasteiger partial charge in [-0.05, 0) is 43.7 Å². The number of nitriles is 1. The third kappa shape index (κ3) is 3.66. The molecule has 0 radical (unpaired) electrons. The second kappa shape index (κ2) is 6.49. The van der Waals surface area contributed by atoms with E-state index in [2.05, 4.69) is 23.6 Å². The van der Waals surface area contributed by atoms with Gasteiger partial charge in [0, 0.05) is 0 Å². The third-order valence-corrected chi connectivity index (χ3v) is 4.05. The summed E-state index contributed by atoms with van der Waals surface area (Å²) in [6, 6.07) is 9.11. The number of carbonyl (C=O) groups excluding carboxylic acids is 1. The van der Waals surface area contributed by atoms with Gasteiger partial charge in [-0.25, -0.2) is 4.79 Å². The number of carbonyl (C=O) groups is 1. The Labute approximate surface area is 125 Å². The number of nitrogens with one attached hydrogen (secondary N) is 2. The molecule has 1 fully saturated rings. The SMILES string of the molecule is COc1ccccc1NC(=O)NC1(C#N)CCC(C)CC1. The van der Waals surface area contributed by atoms with Crippen LogP contribution in [0.4, 0.5) is 10.5 Å². The van der Waals surface area contributed by atoms with E-state index in [4.69, 9.17) is 4.74 Å². The van der Waals surface area contributed by atoms with Crippen LogP contribution in [0.15, 0.2) is 24.3 Å². The van der Waals surface area contributed by atoms with Crippen LogP contribution in [0.5, 0.6) is 5.75 Å². The van der Waals surface area contributed by atoms with Crippen molar-refractivity contribution in [3.05, 3.63) is 24.3 Å². The fraction of sp³-hybridized carbons (Fsp3) is 0.500. The van der Waals surface area contributed by atoms with Crippen LogP contribution < -0.4 is 15.4 Å². The van der Waals surface area contributed by atoms with Crippen LogP contribution in [-0.4, -0.2) is 18.7 Å². The average molecular weight is 287 g/mol. The molecule has 5 heteroatoms. The van der Waals surface area contributed by atoms with E-state index in [-0.39, 0.29) is 6.03 Å². The Bertz CT molecular complexity index is 543. The highest BCUT2D eigenvalue weighted by Crippen LogP contribution is 2.31. The van der Waals surface area contributed by atoms with Crippen molar-refractivity contribution in [1.29, 1.82) is 5.26 Å². The van der Waals surface area contributed by atoms with Crippen LogP contribution in [0, 0.1) is 17.2 Å². The highest BCUT2D eigenvalue weighted by atomic mass is 16.5. The van der Waals surface area contributed by atoms with Gasteiger partial charge in [0.2, 0.25) is 0 Å². The van der Waals surface area contributed by atoms with Crippen LogP contribution >= 0.6 is 0 Å². The average Bonchev–Trinajstić information content (AvgIpc) is 2.50. The fourth-order valence-electron chi connectivity index (χ4n) is 2.64. The highest BCUT2D eigenvalue weighted by Gasteiger charge is 2.35. The maximum absolute atomic E-state index is 12.2. The van der Waals surface area contributed by atoms with Gasteiger partial charge < -0.3 is 15.4 Å². The number of nitrogens with zero attached hydrogens (tertiary/aromatic N) is 1. The summed E-state index contributed by atoms with van der Waals surface area (Å²) in [5.74, 6) is 1.21. The maximum atomic E-state index is 12.2. The first kappa shape index (κ1) is 15.2. The van der Waals surface area contributed by atoms with E-state index in [9.17, 15) is 10.1 Å². The monoisotopic (exact) mass is 287 g/mol. The Morgan fingerprint density at radius 1 is 1.38 bits per heavy atom. The molecule has 2 rings (SSSR count). The number of urea groups is 1. The van der Waals surface area contributed by atoms with Crippen molar-refractivity contribution in [3.8, 4) is 11.8 Å². The van der Waals surface area contributed by atoms with Gasteiger partial charge in [-0.3, -0.25) is 0 Å². The molecule has 0 aromatic heterocycles. The largest absolute Gasteiger partial charge is 0.495 e. The minimum atomic E-state index is -0.751. The quantitative estimate of drug-likeness (QED) is 0.895. The van der Waals surface area contributed by atoms with Crippen molar-refractivity contribution in [2.24, 2.45) is 5.92 Å². The van der Waals surface area contributed by atoms with E-state index in [1.807, 2.05) is 12.1 Å². The van der Waals surface area contributed by atoms with Gasteiger partial charge in [0.05, 0.1) is 18.9 Å². The van der Waals surface area contributed by atoms with E-state index in [1.165, 1.54) is 0 Å². The molecule has 0 bridgehead atoms. The topological polar surface area (TPSA) is 74.2 Å². The number of methoxy groups -OCH3 is 1. The molecule has 1 aliphatic rings. The summed E-state index contributed by atoms with van der Waals surface area (Å²) in [6.45, 7) is 2.18. The molecule has 0 heterocycles. The standard InChI is InChI=1S/C16H21N3O2/c1-12-7-9-16(11-17,10-8-12)19-15(20)18-13-5-3-4-6-14(13)21-2/h3-6,12H,7-10H2,1-2H3,(H2,18,19,20). The van der Waals surface area contributed by atoms with Crippen molar-refractivity contribution in [3.63, 3.8) is 0 Å². The van der Waals surface area contributed by atoms with Crippen LogP contribution in [-0.2, 0) is 0 Å². The number of hydrogen-bond acceptors (Lipinski definition) is 3. The molecule has 0 atom stereocenters. The molecular weight excluding hydrogens is 266 g/mol. The van der Waals surface area contributed by atoms with Gasteiger partial charge in [0.15, 0.2) is 0 Å². The number of rotatable bonds is 3. The van der Waals surface area contributed by atoms with Crippen molar-refractivity contribution in [1.82, 2.24) is 5.32 Å². The first-order chi connectivity index (χ1) is 10.1. The number of anilines is 1. The molecule has 21 heavy (non-hydrogen) atoms. The van der Waals surface area contributed by atoms with Crippen molar-refractivity contribution in [2.45, 2.75) is 38.1 Å². The molecule has 0 aliphatic heterocycles. The van der Waals surface area contributed by atoms with Crippen LogP contribution in [0.2, 0.25) is 0 Å². The Kier molecular flexibility index (Phi) is 4.69. The number of ether oxygens (including phenoxy) is 1. The molecule has 1 aromatic carbocycles. The molecule has 1 saturated carbocycles. The van der Waals surface area contributed by atoms with E-state index in [0.29, 0.717) is 30.2 Å². The lowest BCUT2D eigenvalue weighted by Crippen LogP contribution is -2.51. The van der Waals surface area contributed by atoms with Gasteiger partial charge in [0.25, 0.3) is 0 Å². The van der Waals surface area contributed by atoms with E-state index in [0.717, 1.165) is 12.8 Å². The highest BCUT2D eigenvalue weighted by molar-refractivity contribution is 5.91. The van der Waals surface area contributed by atoms with Gasteiger partial charge in [-0.2, -0.15) is 5.26 Å². The molecule has 0 spiro atoms. The summed E-state index contributed by atoms with van der Waals surface area (Å²) in [5.41, 5.74) is -0.159. The smallest absolute Gasteiger partial charge is 0.320 e. The van der Waals surface area contributed by atoms with E-state index >= 15 is 0 Å². The predicted molar refractivity (Wildman–Crippen MR) is 81.1 cm³/mol. The van der Waals surface area contributed by atoms with Gasteiger partial charge in [-0.1, -0.05) is 19.1 Å². The number of hydrogen-bond donors (Lipinski definition) is 2. The molecule has 1 aromatic rings. The van der Waals surface area contributed by atoms with Gasteiger partial charge in [0.1, 0.15) is 11.3 Å². The summed E-state index contributed by atoms with van der Waals surface area (Å²) >= 11 is 0. The lowest BCUT2D eigenvalue weighted by Gasteiger charge is -2.34. The summed E-state index contributed by atoms with van der Waals surface area (Å²) < 4.78 is 5.19. The van der Waals surface area contributed by atoms with E-state index < -0.39 is 5.54 Å². The number of para-hydroxylation sites is 2. The zero-order chi connectivity index (χ0) is 15.3. The van der Waals surface area contributed by atoms with Crippen molar-refractivity contribution in [2.75, 3.05) is 12.4 Å². The lowest BCUT2D eigenvalue weighted by atomic mass is 9.78. The third-order valence-electron chi connectivity index (χ3n) is 4.05. The fourth-order valence-corrected chi connectivity index (χ4v) is 2.64. The summed E-state index contributed by atoms with van der Waals surface area (Å²) in [5, 5.41) is 15.0. The summed E-state index contributed by atoms with van der Waals surface area (Å²) in [6.07, 6.45) is 3.32. The molecule has 1 aliphatic carbocycles. The lowest BCUT2D eigenvalue weighted by molar-refractivity contribution is 0.222. The Morgan fingerprint density at radius 2 is 2.05 bits per heavy atom. The molecule has 0 unspecified atom stereocenters. The zero-order valence-electron chi connectivity index (χ0n) is 12.5. The second-order valence-corrected chi connectivity index (χ2v) is 5.66. The second-order valence-electron chi connectivity index (χ2n) is 5.66. The molecular formula is C16H21N3O2. The first-order valence-electron chi connectivity index (χ1n) is 7.22. The maximum Gasteiger partial charge on any atom is 0.320 e. The zero-order valence-corrected chi connectivity index (χ0v) is 12.5. The van der Waals surface area contributed by atoms with Gasteiger partial charge >= 0.3 is 6.03 Å². The number of benzene rings is 1. The van der Waals surface area contributed by atoms with Crippen LogP contribution in [0.3, 0.4) is 0 Å². The molecule has 2 amide bonds.